The minimum absolute atomic E-state index is 0.604. The van der Waals surface area contributed by atoms with Crippen LogP contribution in [0.3, 0.4) is 0 Å². The van der Waals surface area contributed by atoms with Crippen molar-refractivity contribution in [2.24, 2.45) is 0 Å². The molecule has 15 heavy (non-hydrogen) atoms. The summed E-state index contributed by atoms with van der Waals surface area (Å²) >= 11 is 0. The fraction of sp³-hybridized carbons (Fsp3) is 0.417. The quantitative estimate of drug-likeness (QED) is 0.730. The molecule has 0 aromatic carbocycles. The fourth-order valence-corrected chi connectivity index (χ4v) is 1.41. The molecule has 0 saturated carbocycles. The van der Waals surface area contributed by atoms with E-state index in [9.17, 15) is 0 Å². The number of hydrogen-bond acceptors (Lipinski definition) is 3. The van der Waals surface area contributed by atoms with Gasteiger partial charge >= 0.3 is 0 Å². The number of nitrogens with one attached hydrogen (secondary N) is 1. The molecule has 0 atom stereocenters. The van der Waals surface area contributed by atoms with Crippen molar-refractivity contribution < 1.29 is 0 Å². The van der Waals surface area contributed by atoms with Gasteiger partial charge in [-0.1, -0.05) is 5.92 Å². The number of rotatable bonds is 5. The molecule has 80 valence electrons. The van der Waals surface area contributed by atoms with Crippen LogP contribution in [0.25, 0.3) is 0 Å². The summed E-state index contributed by atoms with van der Waals surface area (Å²) in [5, 5.41) is 3.11. The Balaban J connectivity index is 2.83. The lowest BCUT2D eigenvalue weighted by Crippen LogP contribution is -2.24. The molecule has 0 aliphatic carbocycles. The van der Waals surface area contributed by atoms with Gasteiger partial charge < -0.3 is 10.2 Å². The van der Waals surface area contributed by atoms with Gasteiger partial charge in [0, 0.05) is 19.3 Å². The molecule has 0 radical (unpaired) electrons. The Morgan fingerprint density at radius 2 is 2.40 bits per heavy atom. The molecule has 0 aliphatic rings. The minimum atomic E-state index is 0.604. The lowest BCUT2D eigenvalue weighted by molar-refractivity contribution is 0.811. The number of anilines is 1. The summed E-state index contributed by atoms with van der Waals surface area (Å²) in [6, 6.07) is 4.07. The Bertz CT molecular complexity index is 341. The summed E-state index contributed by atoms with van der Waals surface area (Å²) in [6.07, 6.45) is 7.13. The summed E-state index contributed by atoms with van der Waals surface area (Å²) in [7, 11) is 1.93. The maximum atomic E-state index is 5.31. The molecule has 3 heteroatoms. The molecule has 1 aromatic rings. The Kier molecular flexibility index (Phi) is 4.65. The van der Waals surface area contributed by atoms with Crippen LogP contribution in [0.4, 0.5) is 5.82 Å². The SMILES string of the molecule is C#CCN(CC)c1cc(CNC)ccn1. The van der Waals surface area contributed by atoms with Crippen LogP contribution in [0, 0.1) is 12.3 Å². The van der Waals surface area contributed by atoms with Gasteiger partial charge in [0.15, 0.2) is 0 Å². The predicted octanol–water partition coefficient (Wildman–Crippen LogP) is 1.26. The van der Waals surface area contributed by atoms with Crippen LogP contribution in [0.15, 0.2) is 18.3 Å². The third-order valence-electron chi connectivity index (χ3n) is 2.18. The van der Waals surface area contributed by atoms with Crippen LogP contribution in [0.2, 0.25) is 0 Å². The Hall–Kier alpha value is -1.53. The molecule has 0 saturated heterocycles. The second-order valence-electron chi connectivity index (χ2n) is 3.27. The summed E-state index contributed by atoms with van der Waals surface area (Å²) in [4.78, 5) is 6.38. The maximum Gasteiger partial charge on any atom is 0.129 e. The van der Waals surface area contributed by atoms with E-state index in [0.717, 1.165) is 18.9 Å². The first kappa shape index (κ1) is 11.5. The third-order valence-corrected chi connectivity index (χ3v) is 2.18. The van der Waals surface area contributed by atoms with E-state index < -0.39 is 0 Å². The van der Waals surface area contributed by atoms with Crippen LogP contribution in [-0.2, 0) is 6.54 Å². The summed E-state index contributed by atoms with van der Waals surface area (Å²) in [5.41, 5.74) is 1.22. The van der Waals surface area contributed by atoms with E-state index in [0.29, 0.717) is 6.54 Å². The molecular formula is C12H17N3. The van der Waals surface area contributed by atoms with Crippen molar-refractivity contribution >= 4 is 5.82 Å². The molecule has 1 aromatic heterocycles. The first-order valence-electron chi connectivity index (χ1n) is 5.09. The normalized spacial score (nSPS) is 9.67. The largest absolute Gasteiger partial charge is 0.346 e. The van der Waals surface area contributed by atoms with Gasteiger partial charge in [-0.3, -0.25) is 0 Å². The number of hydrogen-bond donors (Lipinski definition) is 1. The third kappa shape index (κ3) is 3.26. The zero-order valence-electron chi connectivity index (χ0n) is 9.33. The van der Waals surface area contributed by atoms with Gasteiger partial charge in [-0.25, -0.2) is 4.98 Å². The van der Waals surface area contributed by atoms with E-state index in [2.05, 4.69) is 34.1 Å². The number of terminal acetylenes is 1. The van der Waals surface area contributed by atoms with Crippen LogP contribution >= 0.6 is 0 Å². The van der Waals surface area contributed by atoms with E-state index in [1.807, 2.05) is 19.3 Å². The van der Waals surface area contributed by atoms with Crippen molar-refractivity contribution in [1.82, 2.24) is 10.3 Å². The topological polar surface area (TPSA) is 28.2 Å². The zero-order chi connectivity index (χ0) is 11.1. The molecular weight excluding hydrogens is 186 g/mol. The van der Waals surface area contributed by atoms with E-state index >= 15 is 0 Å². The van der Waals surface area contributed by atoms with E-state index in [1.165, 1.54) is 5.56 Å². The van der Waals surface area contributed by atoms with E-state index in [4.69, 9.17) is 6.42 Å². The summed E-state index contributed by atoms with van der Waals surface area (Å²) in [5.74, 6) is 3.59. The second-order valence-corrected chi connectivity index (χ2v) is 3.27. The standard InChI is InChI=1S/C12H17N3/c1-4-8-15(5-2)12-9-11(10-13-3)6-7-14-12/h1,6-7,9,13H,5,8,10H2,2-3H3. The number of pyridine rings is 1. The van der Waals surface area contributed by atoms with Crippen LogP contribution in [0.5, 0.6) is 0 Å². The highest BCUT2D eigenvalue weighted by atomic mass is 15.2. The highest BCUT2D eigenvalue weighted by Crippen LogP contribution is 2.11. The van der Waals surface area contributed by atoms with Gasteiger partial charge in [0.1, 0.15) is 5.82 Å². The summed E-state index contributed by atoms with van der Waals surface area (Å²) in [6.45, 7) is 4.40. The predicted molar refractivity (Wildman–Crippen MR) is 63.7 cm³/mol. The van der Waals surface area contributed by atoms with Crippen molar-refractivity contribution in [1.29, 1.82) is 0 Å². The van der Waals surface area contributed by atoms with Crippen molar-refractivity contribution in [3.05, 3.63) is 23.9 Å². The maximum absolute atomic E-state index is 5.31. The highest BCUT2D eigenvalue weighted by Gasteiger charge is 2.04. The van der Waals surface area contributed by atoms with E-state index in [-0.39, 0.29) is 0 Å². The monoisotopic (exact) mass is 203 g/mol. The molecule has 1 rings (SSSR count). The molecule has 1 heterocycles. The van der Waals surface area contributed by atoms with Crippen molar-refractivity contribution in [2.75, 3.05) is 25.0 Å². The smallest absolute Gasteiger partial charge is 0.129 e. The molecule has 0 unspecified atom stereocenters. The summed E-state index contributed by atoms with van der Waals surface area (Å²) < 4.78 is 0. The lowest BCUT2D eigenvalue weighted by Gasteiger charge is -2.19. The van der Waals surface area contributed by atoms with E-state index in [1.54, 1.807) is 0 Å². The van der Waals surface area contributed by atoms with Crippen molar-refractivity contribution in [3.8, 4) is 12.3 Å². The molecule has 0 bridgehead atoms. The average molecular weight is 203 g/mol. The van der Waals surface area contributed by atoms with Crippen molar-refractivity contribution in [2.45, 2.75) is 13.5 Å². The first-order chi connectivity index (χ1) is 7.31. The first-order valence-corrected chi connectivity index (χ1v) is 5.09. The molecule has 0 aliphatic heterocycles. The molecule has 1 N–H and O–H groups in total. The van der Waals surface area contributed by atoms with Crippen LogP contribution < -0.4 is 10.2 Å². The number of aromatic nitrogens is 1. The van der Waals surface area contributed by atoms with Gasteiger partial charge in [-0.15, -0.1) is 6.42 Å². The molecule has 0 fully saturated rings. The minimum Gasteiger partial charge on any atom is -0.346 e. The van der Waals surface area contributed by atoms with Gasteiger partial charge in [0.05, 0.1) is 6.54 Å². The van der Waals surface area contributed by atoms with Gasteiger partial charge in [0.25, 0.3) is 0 Å². The Labute approximate surface area is 91.5 Å². The van der Waals surface area contributed by atoms with Gasteiger partial charge in [-0.05, 0) is 31.7 Å². The highest BCUT2D eigenvalue weighted by molar-refractivity contribution is 5.42. The zero-order valence-corrected chi connectivity index (χ0v) is 9.33. The molecule has 0 spiro atoms. The van der Waals surface area contributed by atoms with Crippen molar-refractivity contribution in [3.63, 3.8) is 0 Å². The Morgan fingerprint density at radius 3 is 3.00 bits per heavy atom. The second kappa shape index (κ2) is 6.05. The van der Waals surface area contributed by atoms with Gasteiger partial charge in [0.2, 0.25) is 0 Å². The number of nitrogens with zero attached hydrogens (tertiary/aromatic N) is 2. The molecule has 0 amide bonds. The average Bonchev–Trinajstić information content (AvgIpc) is 2.27. The van der Waals surface area contributed by atoms with Crippen LogP contribution in [0.1, 0.15) is 12.5 Å². The lowest BCUT2D eigenvalue weighted by atomic mass is 10.2. The fourth-order valence-electron chi connectivity index (χ4n) is 1.41. The van der Waals surface area contributed by atoms with Gasteiger partial charge in [-0.2, -0.15) is 0 Å². The molecule has 3 nitrogen and oxygen atoms in total. The Morgan fingerprint density at radius 1 is 1.60 bits per heavy atom. The van der Waals surface area contributed by atoms with Crippen LogP contribution in [-0.4, -0.2) is 25.1 Å².